The Kier molecular flexibility index (Phi) is 3.10. The topological polar surface area (TPSA) is 62.3 Å². The van der Waals surface area contributed by atoms with Gasteiger partial charge in [0.15, 0.2) is 5.58 Å². The summed E-state index contributed by atoms with van der Waals surface area (Å²) in [4.78, 5) is 6.53. The summed E-state index contributed by atoms with van der Waals surface area (Å²) >= 11 is 0. The highest BCUT2D eigenvalue weighted by molar-refractivity contribution is 5.78. The van der Waals surface area contributed by atoms with Gasteiger partial charge in [0, 0.05) is 30.6 Å². The minimum Gasteiger partial charge on any atom is -0.474 e. The molecule has 1 aliphatic heterocycles. The number of aromatic nitrogens is 1. The Morgan fingerprint density at radius 2 is 2.21 bits per heavy atom. The molecule has 0 aliphatic carbocycles. The first-order valence-electron chi connectivity index (χ1n) is 6.39. The Morgan fingerprint density at radius 1 is 1.42 bits per heavy atom. The van der Waals surface area contributed by atoms with Gasteiger partial charge in [-0.25, -0.2) is 4.98 Å². The minimum atomic E-state index is 0.225. The molecule has 98 valence electrons. The zero-order valence-electron chi connectivity index (χ0n) is 10.8. The minimum absolute atomic E-state index is 0.225. The standard InChI is InChI=1S/C14H15N3O2/c1-17-4-2-11(3-5-17)19-14-7-10-6-12(8-15)18-13(10)9-16-14/h6-7,9,11H,2-5H2,1H3. The molecule has 2 aromatic heterocycles. The molecule has 0 spiro atoms. The molecule has 2 aromatic rings. The van der Waals surface area contributed by atoms with Crippen LogP contribution in [0.25, 0.3) is 11.0 Å². The van der Waals surface area contributed by atoms with Crippen LogP contribution >= 0.6 is 0 Å². The van der Waals surface area contributed by atoms with Crippen LogP contribution in [-0.2, 0) is 0 Å². The fourth-order valence-electron chi connectivity index (χ4n) is 2.32. The smallest absolute Gasteiger partial charge is 0.214 e. The predicted molar refractivity (Wildman–Crippen MR) is 69.9 cm³/mol. The number of fused-ring (bicyclic) bond motifs is 1. The van der Waals surface area contributed by atoms with Crippen molar-refractivity contribution in [1.82, 2.24) is 9.88 Å². The van der Waals surface area contributed by atoms with Gasteiger partial charge in [-0.3, -0.25) is 0 Å². The molecular weight excluding hydrogens is 242 g/mol. The van der Waals surface area contributed by atoms with E-state index in [9.17, 15) is 0 Å². The Bertz CT molecular complexity index is 621. The van der Waals surface area contributed by atoms with Gasteiger partial charge in [0.25, 0.3) is 0 Å². The number of furan rings is 1. The molecule has 0 bridgehead atoms. The van der Waals surface area contributed by atoms with E-state index in [1.165, 1.54) is 0 Å². The van der Waals surface area contributed by atoms with Crippen molar-refractivity contribution in [3.05, 3.63) is 24.1 Å². The summed E-state index contributed by atoms with van der Waals surface area (Å²) in [5.74, 6) is 0.903. The molecule has 0 aromatic carbocycles. The van der Waals surface area contributed by atoms with E-state index in [1.807, 2.05) is 12.1 Å². The lowest BCUT2D eigenvalue weighted by Gasteiger charge is -2.28. The highest BCUT2D eigenvalue weighted by Gasteiger charge is 2.18. The van der Waals surface area contributed by atoms with Crippen LogP contribution in [0.3, 0.4) is 0 Å². The molecule has 5 nitrogen and oxygen atoms in total. The molecule has 0 saturated carbocycles. The van der Waals surface area contributed by atoms with Crippen LogP contribution in [0.5, 0.6) is 5.88 Å². The Labute approximate surface area is 111 Å². The number of hydrogen-bond donors (Lipinski definition) is 0. The monoisotopic (exact) mass is 257 g/mol. The van der Waals surface area contributed by atoms with Gasteiger partial charge < -0.3 is 14.1 Å². The summed E-state index contributed by atoms with van der Waals surface area (Å²) in [6, 6.07) is 5.52. The van der Waals surface area contributed by atoms with Gasteiger partial charge >= 0.3 is 0 Å². The SMILES string of the molecule is CN1CCC(Oc2cc3cc(C#N)oc3cn2)CC1. The average Bonchev–Trinajstić information content (AvgIpc) is 2.83. The van der Waals surface area contributed by atoms with Crippen LogP contribution in [0.2, 0.25) is 0 Å². The van der Waals surface area contributed by atoms with E-state index in [1.54, 1.807) is 12.3 Å². The maximum absolute atomic E-state index is 8.79. The summed E-state index contributed by atoms with van der Waals surface area (Å²) in [6.45, 7) is 2.11. The van der Waals surface area contributed by atoms with Gasteiger partial charge in [-0.05, 0) is 19.9 Å². The van der Waals surface area contributed by atoms with E-state index in [0.717, 1.165) is 31.3 Å². The van der Waals surface area contributed by atoms with Crippen LogP contribution in [-0.4, -0.2) is 36.1 Å². The van der Waals surface area contributed by atoms with Crippen molar-refractivity contribution < 1.29 is 9.15 Å². The predicted octanol–water partition coefficient (Wildman–Crippen LogP) is 2.17. The van der Waals surface area contributed by atoms with Crippen molar-refractivity contribution in [3.63, 3.8) is 0 Å². The van der Waals surface area contributed by atoms with E-state index < -0.39 is 0 Å². The largest absolute Gasteiger partial charge is 0.474 e. The number of nitrogens with zero attached hydrogens (tertiary/aromatic N) is 3. The zero-order chi connectivity index (χ0) is 13.2. The Hall–Kier alpha value is -2.06. The maximum Gasteiger partial charge on any atom is 0.214 e. The van der Waals surface area contributed by atoms with E-state index in [4.69, 9.17) is 14.4 Å². The molecule has 19 heavy (non-hydrogen) atoms. The number of nitriles is 1. The number of likely N-dealkylation sites (tertiary alicyclic amines) is 1. The fourth-order valence-corrected chi connectivity index (χ4v) is 2.32. The molecule has 5 heteroatoms. The lowest BCUT2D eigenvalue weighted by molar-refractivity contribution is 0.110. The second-order valence-electron chi connectivity index (χ2n) is 4.90. The molecule has 0 amide bonds. The Balaban J connectivity index is 1.76. The van der Waals surface area contributed by atoms with Crippen molar-refractivity contribution in [3.8, 4) is 11.9 Å². The van der Waals surface area contributed by atoms with E-state index in [0.29, 0.717) is 17.2 Å². The number of rotatable bonds is 2. The number of piperidine rings is 1. The van der Waals surface area contributed by atoms with Crippen molar-refractivity contribution in [2.45, 2.75) is 18.9 Å². The van der Waals surface area contributed by atoms with Crippen molar-refractivity contribution in [2.24, 2.45) is 0 Å². The summed E-state index contributed by atoms with van der Waals surface area (Å²) in [5, 5.41) is 9.65. The summed E-state index contributed by atoms with van der Waals surface area (Å²) in [5.41, 5.74) is 0.618. The normalized spacial score (nSPS) is 17.5. The van der Waals surface area contributed by atoms with E-state index in [2.05, 4.69) is 16.9 Å². The van der Waals surface area contributed by atoms with Crippen molar-refractivity contribution >= 4 is 11.0 Å². The summed E-state index contributed by atoms with van der Waals surface area (Å²) in [6.07, 6.45) is 3.87. The number of hydrogen-bond acceptors (Lipinski definition) is 5. The molecule has 1 fully saturated rings. The van der Waals surface area contributed by atoms with Gasteiger partial charge in [0.1, 0.15) is 12.2 Å². The van der Waals surface area contributed by atoms with Crippen LogP contribution in [0.1, 0.15) is 18.6 Å². The third-order valence-corrected chi connectivity index (χ3v) is 3.44. The first kappa shape index (κ1) is 12.0. The third kappa shape index (κ3) is 2.54. The van der Waals surface area contributed by atoms with Crippen molar-refractivity contribution in [2.75, 3.05) is 20.1 Å². The molecule has 0 atom stereocenters. The highest BCUT2D eigenvalue weighted by Crippen LogP contribution is 2.23. The molecule has 3 rings (SSSR count). The van der Waals surface area contributed by atoms with Crippen LogP contribution in [0.15, 0.2) is 22.7 Å². The second-order valence-corrected chi connectivity index (χ2v) is 4.90. The summed E-state index contributed by atoms with van der Waals surface area (Å²) in [7, 11) is 2.12. The van der Waals surface area contributed by atoms with Gasteiger partial charge in [0.2, 0.25) is 11.6 Å². The molecular formula is C14H15N3O2. The molecule has 0 N–H and O–H groups in total. The first-order valence-corrected chi connectivity index (χ1v) is 6.39. The lowest BCUT2D eigenvalue weighted by atomic mass is 10.1. The molecule has 0 radical (unpaired) electrons. The molecule has 3 heterocycles. The van der Waals surface area contributed by atoms with Gasteiger partial charge in [-0.1, -0.05) is 0 Å². The molecule has 1 aliphatic rings. The lowest BCUT2D eigenvalue weighted by Crippen LogP contribution is -2.35. The third-order valence-electron chi connectivity index (χ3n) is 3.44. The number of ether oxygens (including phenoxy) is 1. The zero-order valence-corrected chi connectivity index (χ0v) is 10.8. The molecule has 1 saturated heterocycles. The van der Waals surface area contributed by atoms with Crippen LogP contribution < -0.4 is 4.74 Å². The highest BCUT2D eigenvalue weighted by atomic mass is 16.5. The fraction of sp³-hybridized carbons (Fsp3) is 0.429. The van der Waals surface area contributed by atoms with Gasteiger partial charge in [-0.15, -0.1) is 0 Å². The Morgan fingerprint density at radius 3 is 2.95 bits per heavy atom. The second kappa shape index (κ2) is 4.90. The van der Waals surface area contributed by atoms with E-state index >= 15 is 0 Å². The van der Waals surface area contributed by atoms with Crippen LogP contribution in [0.4, 0.5) is 0 Å². The number of pyridine rings is 1. The van der Waals surface area contributed by atoms with Gasteiger partial charge in [-0.2, -0.15) is 5.26 Å². The maximum atomic E-state index is 8.79. The first-order chi connectivity index (χ1) is 9.24. The van der Waals surface area contributed by atoms with Crippen LogP contribution in [0, 0.1) is 11.3 Å². The van der Waals surface area contributed by atoms with E-state index in [-0.39, 0.29) is 6.10 Å². The molecule has 0 unspecified atom stereocenters. The quantitative estimate of drug-likeness (QED) is 0.825. The average molecular weight is 257 g/mol. The van der Waals surface area contributed by atoms with Crippen molar-refractivity contribution in [1.29, 1.82) is 5.26 Å². The summed E-state index contributed by atoms with van der Waals surface area (Å²) < 4.78 is 11.2. The van der Waals surface area contributed by atoms with Gasteiger partial charge in [0.05, 0.1) is 6.20 Å².